The maximum Gasteiger partial charge on any atom is 0.277 e. The number of nitrogens with zero attached hydrogens (tertiary/aromatic N) is 4. The van der Waals surface area contributed by atoms with Crippen molar-refractivity contribution >= 4 is 33.8 Å². The van der Waals surface area contributed by atoms with Gasteiger partial charge in [-0.3, -0.25) is 9.48 Å². The van der Waals surface area contributed by atoms with Crippen LogP contribution in [0, 0.1) is 11.6 Å². The average molecular weight is 492 g/mol. The fraction of sp³-hybridized carbons (Fsp3) is 0.409. The minimum Gasteiger partial charge on any atom is -0.389 e. The van der Waals surface area contributed by atoms with Crippen molar-refractivity contribution < 1.29 is 18.3 Å². The lowest BCUT2D eigenvalue weighted by Gasteiger charge is -2.30. The lowest BCUT2D eigenvalue weighted by atomic mass is 9.91. The number of aromatic nitrogens is 3. The lowest BCUT2D eigenvalue weighted by molar-refractivity contribution is 0.0403. The molecule has 1 amide bonds. The quantitative estimate of drug-likeness (QED) is 0.501. The summed E-state index contributed by atoms with van der Waals surface area (Å²) in [6, 6.07) is 3.51. The van der Waals surface area contributed by atoms with E-state index in [2.05, 4.69) is 20.3 Å². The zero-order chi connectivity index (χ0) is 24.6. The van der Waals surface area contributed by atoms with Crippen LogP contribution in [0.2, 0.25) is 0 Å². The Morgan fingerprint density at radius 2 is 2.03 bits per heavy atom. The second-order valence-electron chi connectivity index (χ2n) is 8.54. The fourth-order valence-corrected chi connectivity index (χ4v) is 5.11. The number of thiazole rings is 1. The van der Waals surface area contributed by atoms with Gasteiger partial charge in [-0.05, 0) is 31.9 Å². The van der Waals surface area contributed by atoms with Gasteiger partial charge < -0.3 is 26.4 Å². The predicted octanol–water partition coefficient (Wildman–Crippen LogP) is 2.99. The number of nitrogens with two attached hydrogens (primary N) is 2. The van der Waals surface area contributed by atoms with Gasteiger partial charge >= 0.3 is 0 Å². The number of rotatable bonds is 5. The van der Waals surface area contributed by atoms with Crippen molar-refractivity contribution in [1.29, 1.82) is 0 Å². The Hall–Kier alpha value is -3.09. The maximum absolute atomic E-state index is 14.2. The van der Waals surface area contributed by atoms with Crippen LogP contribution in [0.1, 0.15) is 30.3 Å². The number of nitrogens with one attached hydrogen (secondary N) is 1. The molecule has 0 saturated carbocycles. The molecule has 12 heteroatoms. The number of hydrogen-bond donors (Lipinski definition) is 3. The minimum absolute atomic E-state index is 0.00924. The molecule has 2 unspecified atom stereocenters. The molecule has 5 N–H and O–H groups in total. The Morgan fingerprint density at radius 3 is 2.71 bits per heavy atom. The van der Waals surface area contributed by atoms with Gasteiger partial charge in [0, 0.05) is 32.8 Å². The fourth-order valence-electron chi connectivity index (χ4n) is 4.23. The van der Waals surface area contributed by atoms with Crippen LogP contribution in [0.5, 0.6) is 0 Å². The van der Waals surface area contributed by atoms with Crippen LogP contribution in [0.15, 0.2) is 24.4 Å². The summed E-state index contributed by atoms with van der Waals surface area (Å²) in [4.78, 5) is 19.3. The highest BCUT2D eigenvalue weighted by atomic mass is 32.1. The van der Waals surface area contributed by atoms with Crippen molar-refractivity contribution in [2.45, 2.75) is 31.4 Å². The monoisotopic (exact) mass is 491 g/mol. The molecular formula is C22H27F2N7O2S. The molecule has 0 spiro atoms. The number of carbonyl (C=O) groups is 1. The first-order valence-corrected chi connectivity index (χ1v) is 11.5. The summed E-state index contributed by atoms with van der Waals surface area (Å²) in [6.45, 7) is 3.27. The van der Waals surface area contributed by atoms with Gasteiger partial charge in [-0.1, -0.05) is 17.4 Å². The van der Waals surface area contributed by atoms with E-state index in [1.54, 1.807) is 18.8 Å². The van der Waals surface area contributed by atoms with E-state index >= 15 is 0 Å². The van der Waals surface area contributed by atoms with Crippen molar-refractivity contribution in [3.63, 3.8) is 0 Å². The Balaban J connectivity index is 1.58. The van der Waals surface area contributed by atoms with E-state index in [1.165, 1.54) is 12.3 Å². The van der Waals surface area contributed by atoms with Crippen LogP contribution in [0.25, 0.3) is 10.6 Å². The van der Waals surface area contributed by atoms with E-state index in [-0.39, 0.29) is 27.4 Å². The number of methoxy groups -OCH3 is 1. The number of benzene rings is 1. The first-order valence-electron chi connectivity index (χ1n) is 10.7. The number of aryl methyl sites for hydroxylation is 1. The van der Waals surface area contributed by atoms with Crippen molar-refractivity contribution in [1.82, 2.24) is 14.8 Å². The average Bonchev–Trinajstić information content (AvgIpc) is 3.28. The Bertz CT molecular complexity index is 1190. The summed E-state index contributed by atoms with van der Waals surface area (Å²) in [5, 5.41) is 7.13. The van der Waals surface area contributed by atoms with E-state index in [1.807, 2.05) is 6.92 Å². The van der Waals surface area contributed by atoms with E-state index in [0.29, 0.717) is 37.4 Å². The van der Waals surface area contributed by atoms with Crippen molar-refractivity contribution in [3.05, 3.63) is 41.7 Å². The molecule has 0 bridgehead atoms. The Labute approximate surface area is 199 Å². The van der Waals surface area contributed by atoms with E-state index < -0.39 is 23.1 Å². The molecule has 9 nitrogen and oxygen atoms in total. The van der Waals surface area contributed by atoms with E-state index in [4.69, 9.17) is 16.2 Å². The highest BCUT2D eigenvalue weighted by Gasteiger charge is 2.35. The van der Waals surface area contributed by atoms with Gasteiger partial charge in [-0.2, -0.15) is 5.10 Å². The molecule has 2 aromatic heterocycles. The molecule has 1 saturated heterocycles. The summed E-state index contributed by atoms with van der Waals surface area (Å²) in [5.41, 5.74) is 12.0. The van der Waals surface area contributed by atoms with Gasteiger partial charge in [0.2, 0.25) is 0 Å². The summed E-state index contributed by atoms with van der Waals surface area (Å²) < 4.78 is 35.6. The first kappa shape index (κ1) is 24.0. The van der Waals surface area contributed by atoms with Gasteiger partial charge in [0.25, 0.3) is 5.91 Å². The molecular weight excluding hydrogens is 464 g/mol. The number of anilines is 3. The Kier molecular flexibility index (Phi) is 6.56. The normalized spacial score (nSPS) is 20.9. The highest BCUT2D eigenvalue weighted by molar-refractivity contribution is 7.19. The summed E-state index contributed by atoms with van der Waals surface area (Å²) in [5.74, 6) is -1.45. The molecule has 34 heavy (non-hydrogen) atoms. The van der Waals surface area contributed by atoms with Crippen molar-refractivity contribution in [2.75, 3.05) is 36.1 Å². The molecule has 0 radical (unpaired) electrons. The van der Waals surface area contributed by atoms with Crippen LogP contribution in [0.3, 0.4) is 0 Å². The zero-order valence-electron chi connectivity index (χ0n) is 19.1. The van der Waals surface area contributed by atoms with Gasteiger partial charge in [0.15, 0.2) is 11.5 Å². The van der Waals surface area contributed by atoms with Gasteiger partial charge in [-0.25, -0.2) is 13.8 Å². The SMILES string of the molecule is COC1CCN(c2c(NC(=O)c3nc(-c4c(F)cccc4F)sc3N)cnn2C)CCC1(C)N. The van der Waals surface area contributed by atoms with Gasteiger partial charge in [0.1, 0.15) is 27.3 Å². The third kappa shape index (κ3) is 4.48. The molecule has 1 aliphatic rings. The number of nitrogen functional groups attached to an aromatic ring is 1. The lowest BCUT2D eigenvalue weighted by Crippen LogP contribution is -2.48. The number of halogens is 2. The molecule has 1 fully saturated rings. The molecule has 182 valence electrons. The van der Waals surface area contributed by atoms with Gasteiger partial charge in [0.05, 0.1) is 17.9 Å². The first-order chi connectivity index (χ1) is 16.1. The smallest absolute Gasteiger partial charge is 0.277 e. The number of carbonyl (C=O) groups excluding carboxylic acids is 1. The second kappa shape index (κ2) is 9.28. The molecule has 3 aromatic rings. The molecule has 2 atom stereocenters. The molecule has 1 aliphatic heterocycles. The maximum atomic E-state index is 14.2. The van der Waals surface area contributed by atoms with Gasteiger partial charge in [-0.15, -0.1) is 0 Å². The van der Waals surface area contributed by atoms with Crippen LogP contribution in [-0.4, -0.2) is 52.5 Å². The minimum atomic E-state index is -0.780. The predicted molar refractivity (Wildman–Crippen MR) is 128 cm³/mol. The van der Waals surface area contributed by atoms with Crippen LogP contribution in [0.4, 0.5) is 25.3 Å². The number of hydrogen-bond acceptors (Lipinski definition) is 8. The van der Waals surface area contributed by atoms with Crippen LogP contribution in [-0.2, 0) is 11.8 Å². The summed E-state index contributed by atoms with van der Waals surface area (Å²) in [7, 11) is 3.43. The third-order valence-electron chi connectivity index (χ3n) is 6.10. The van der Waals surface area contributed by atoms with Crippen LogP contribution >= 0.6 is 11.3 Å². The second-order valence-corrected chi connectivity index (χ2v) is 9.57. The van der Waals surface area contributed by atoms with E-state index in [0.717, 1.165) is 23.5 Å². The third-order valence-corrected chi connectivity index (χ3v) is 7.00. The topological polar surface area (TPSA) is 124 Å². The summed E-state index contributed by atoms with van der Waals surface area (Å²) in [6.07, 6.45) is 2.82. The number of ether oxygens (including phenoxy) is 1. The van der Waals surface area contributed by atoms with E-state index in [9.17, 15) is 13.6 Å². The highest BCUT2D eigenvalue weighted by Crippen LogP contribution is 2.35. The van der Waals surface area contributed by atoms with Crippen LogP contribution < -0.4 is 21.7 Å². The molecule has 1 aromatic carbocycles. The molecule has 0 aliphatic carbocycles. The molecule has 4 rings (SSSR count). The van der Waals surface area contributed by atoms with Crippen molar-refractivity contribution in [2.24, 2.45) is 12.8 Å². The Morgan fingerprint density at radius 1 is 1.32 bits per heavy atom. The number of amides is 1. The summed E-state index contributed by atoms with van der Waals surface area (Å²) >= 11 is 0.844. The zero-order valence-corrected chi connectivity index (χ0v) is 20.0. The molecule has 3 heterocycles. The standard InChI is InChI=1S/C22H27F2N7O2S/c1-22(26)8-10-31(9-7-15(22)33-3)21-14(11-27-30(21)2)28-19(32)17-18(25)34-20(29-17)16-12(23)5-4-6-13(16)24/h4-6,11,15H,7-10,25-26H2,1-3H3,(H,28,32). The largest absolute Gasteiger partial charge is 0.389 e. The van der Waals surface area contributed by atoms with Crippen molar-refractivity contribution in [3.8, 4) is 10.6 Å².